The van der Waals surface area contributed by atoms with Crippen LogP contribution in [0.3, 0.4) is 0 Å². The molecule has 19 heavy (non-hydrogen) atoms. The molecule has 1 aromatic carbocycles. The lowest BCUT2D eigenvalue weighted by atomic mass is 9.84. The summed E-state index contributed by atoms with van der Waals surface area (Å²) < 4.78 is 5.07. The minimum atomic E-state index is -0.743. The van der Waals surface area contributed by atoms with E-state index < -0.39 is 5.54 Å². The third-order valence-corrected chi connectivity index (χ3v) is 3.76. The molecule has 0 saturated heterocycles. The lowest BCUT2D eigenvalue weighted by Gasteiger charge is -2.34. The molecule has 4 heteroatoms. The zero-order valence-electron chi connectivity index (χ0n) is 11.6. The van der Waals surface area contributed by atoms with E-state index in [-0.39, 0.29) is 12.0 Å². The minimum Gasteiger partial charge on any atom is -0.467 e. The molecule has 0 aromatic heterocycles. The summed E-state index contributed by atoms with van der Waals surface area (Å²) in [5.74, 6) is 0.0783. The Morgan fingerprint density at radius 2 is 1.95 bits per heavy atom. The van der Waals surface area contributed by atoms with Gasteiger partial charge in [0.15, 0.2) is 0 Å². The van der Waals surface area contributed by atoms with Gasteiger partial charge < -0.3 is 4.74 Å². The molecule has 2 rings (SSSR count). The summed E-state index contributed by atoms with van der Waals surface area (Å²) in [7, 11) is 1.44. The standard InChI is InChI=1S/C15H20ClNO2/c1-10(2)17-15(11-4-5-11,14(18)19-3)12-6-8-13(16)9-7-12/h6-11,17H,4-5H2,1-3H3. The van der Waals surface area contributed by atoms with Crippen LogP contribution in [-0.2, 0) is 15.1 Å². The second-order valence-electron chi connectivity index (χ2n) is 5.38. The third-order valence-electron chi connectivity index (χ3n) is 3.51. The van der Waals surface area contributed by atoms with Gasteiger partial charge in [0.1, 0.15) is 5.54 Å². The van der Waals surface area contributed by atoms with E-state index in [1.165, 1.54) is 7.11 Å². The van der Waals surface area contributed by atoms with Crippen molar-refractivity contribution in [1.29, 1.82) is 0 Å². The first-order valence-electron chi connectivity index (χ1n) is 6.63. The van der Waals surface area contributed by atoms with Crippen molar-refractivity contribution in [2.24, 2.45) is 5.92 Å². The van der Waals surface area contributed by atoms with Crippen LogP contribution in [0.15, 0.2) is 24.3 Å². The first-order chi connectivity index (χ1) is 9.00. The van der Waals surface area contributed by atoms with Crippen LogP contribution in [0.5, 0.6) is 0 Å². The molecular weight excluding hydrogens is 262 g/mol. The number of rotatable bonds is 5. The van der Waals surface area contributed by atoms with Gasteiger partial charge in [0.25, 0.3) is 0 Å². The van der Waals surface area contributed by atoms with Gasteiger partial charge in [-0.1, -0.05) is 23.7 Å². The van der Waals surface area contributed by atoms with Crippen LogP contribution in [0.4, 0.5) is 0 Å². The number of esters is 1. The van der Waals surface area contributed by atoms with E-state index in [4.69, 9.17) is 16.3 Å². The molecular formula is C15H20ClNO2. The summed E-state index contributed by atoms with van der Waals surface area (Å²) in [5, 5.41) is 4.09. The predicted octanol–water partition coefficient (Wildman–Crippen LogP) is 3.12. The van der Waals surface area contributed by atoms with Crippen molar-refractivity contribution < 1.29 is 9.53 Å². The average Bonchev–Trinajstić information content (AvgIpc) is 3.20. The minimum absolute atomic E-state index is 0.190. The molecule has 1 atom stereocenters. The Hall–Kier alpha value is -1.06. The fraction of sp³-hybridized carbons (Fsp3) is 0.533. The number of carbonyl (C=O) groups is 1. The van der Waals surface area contributed by atoms with Crippen molar-refractivity contribution >= 4 is 17.6 Å². The van der Waals surface area contributed by atoms with Gasteiger partial charge in [0.05, 0.1) is 7.11 Å². The molecule has 3 nitrogen and oxygen atoms in total. The summed E-state index contributed by atoms with van der Waals surface area (Å²) in [6.45, 7) is 4.08. The highest BCUT2D eigenvalue weighted by atomic mass is 35.5. The summed E-state index contributed by atoms with van der Waals surface area (Å²) in [6, 6.07) is 7.65. The zero-order chi connectivity index (χ0) is 14.0. The van der Waals surface area contributed by atoms with Crippen LogP contribution in [0.1, 0.15) is 32.3 Å². The van der Waals surface area contributed by atoms with Crippen molar-refractivity contribution in [2.45, 2.75) is 38.3 Å². The van der Waals surface area contributed by atoms with Crippen molar-refractivity contribution in [3.63, 3.8) is 0 Å². The van der Waals surface area contributed by atoms with Crippen LogP contribution in [0.25, 0.3) is 0 Å². The molecule has 1 fully saturated rings. The van der Waals surface area contributed by atoms with Crippen LogP contribution in [-0.4, -0.2) is 19.1 Å². The number of carbonyl (C=O) groups excluding carboxylic acids is 1. The van der Waals surface area contributed by atoms with Gasteiger partial charge in [-0.3, -0.25) is 5.32 Å². The fourth-order valence-corrected chi connectivity index (χ4v) is 2.75. The molecule has 1 N–H and O–H groups in total. The van der Waals surface area contributed by atoms with Gasteiger partial charge in [-0.2, -0.15) is 0 Å². The average molecular weight is 282 g/mol. The van der Waals surface area contributed by atoms with Crippen molar-refractivity contribution in [3.05, 3.63) is 34.9 Å². The number of halogens is 1. The van der Waals surface area contributed by atoms with Crippen LogP contribution < -0.4 is 5.32 Å². The molecule has 1 saturated carbocycles. The second kappa shape index (κ2) is 5.51. The van der Waals surface area contributed by atoms with Crippen LogP contribution in [0, 0.1) is 5.92 Å². The van der Waals surface area contributed by atoms with E-state index in [1.54, 1.807) is 0 Å². The lowest BCUT2D eigenvalue weighted by molar-refractivity contribution is -0.150. The quantitative estimate of drug-likeness (QED) is 0.843. The Balaban J connectivity index is 2.47. The molecule has 0 radical (unpaired) electrons. The molecule has 1 aliphatic rings. The summed E-state index contributed by atoms with van der Waals surface area (Å²) in [5.41, 5.74) is 0.188. The monoisotopic (exact) mass is 281 g/mol. The molecule has 0 amide bonds. The Morgan fingerprint density at radius 3 is 2.37 bits per heavy atom. The van der Waals surface area contributed by atoms with E-state index >= 15 is 0 Å². The van der Waals surface area contributed by atoms with E-state index in [1.807, 2.05) is 38.1 Å². The Morgan fingerprint density at radius 1 is 1.37 bits per heavy atom. The fourth-order valence-electron chi connectivity index (χ4n) is 2.63. The van der Waals surface area contributed by atoms with E-state index in [0.717, 1.165) is 18.4 Å². The number of ether oxygens (including phenoxy) is 1. The second-order valence-corrected chi connectivity index (χ2v) is 5.82. The number of hydrogen-bond donors (Lipinski definition) is 1. The third kappa shape index (κ3) is 2.77. The highest BCUT2D eigenvalue weighted by Gasteiger charge is 2.53. The number of nitrogens with one attached hydrogen (secondary N) is 1. The molecule has 0 bridgehead atoms. The van der Waals surface area contributed by atoms with Gasteiger partial charge >= 0.3 is 5.97 Å². The van der Waals surface area contributed by atoms with Crippen LogP contribution in [0.2, 0.25) is 5.02 Å². The molecule has 1 unspecified atom stereocenters. The van der Waals surface area contributed by atoms with Gasteiger partial charge in [-0.25, -0.2) is 4.79 Å². The summed E-state index contributed by atoms with van der Waals surface area (Å²) in [6.07, 6.45) is 2.08. The smallest absolute Gasteiger partial charge is 0.331 e. The van der Waals surface area contributed by atoms with Crippen molar-refractivity contribution in [1.82, 2.24) is 5.32 Å². The highest BCUT2D eigenvalue weighted by molar-refractivity contribution is 6.30. The highest BCUT2D eigenvalue weighted by Crippen LogP contribution is 2.47. The maximum atomic E-state index is 12.4. The van der Waals surface area contributed by atoms with Crippen molar-refractivity contribution in [2.75, 3.05) is 7.11 Å². The van der Waals surface area contributed by atoms with E-state index in [9.17, 15) is 4.79 Å². The van der Waals surface area contributed by atoms with Crippen LogP contribution >= 0.6 is 11.6 Å². The van der Waals surface area contributed by atoms with E-state index in [0.29, 0.717) is 10.9 Å². The van der Waals surface area contributed by atoms with Gasteiger partial charge in [-0.05, 0) is 50.3 Å². The number of methoxy groups -OCH3 is 1. The maximum Gasteiger partial charge on any atom is 0.331 e. The summed E-state index contributed by atoms with van der Waals surface area (Å²) in [4.78, 5) is 12.4. The molecule has 1 aliphatic carbocycles. The Kier molecular flexibility index (Phi) is 4.16. The van der Waals surface area contributed by atoms with Gasteiger partial charge in [0, 0.05) is 11.1 Å². The topological polar surface area (TPSA) is 38.3 Å². The summed E-state index contributed by atoms with van der Waals surface area (Å²) >= 11 is 5.94. The number of benzene rings is 1. The lowest BCUT2D eigenvalue weighted by Crippen LogP contribution is -2.54. The van der Waals surface area contributed by atoms with E-state index in [2.05, 4.69) is 5.32 Å². The molecule has 104 valence electrons. The maximum absolute atomic E-state index is 12.4. The number of hydrogen-bond acceptors (Lipinski definition) is 3. The van der Waals surface area contributed by atoms with Gasteiger partial charge in [-0.15, -0.1) is 0 Å². The first kappa shape index (κ1) is 14.4. The van der Waals surface area contributed by atoms with Crippen molar-refractivity contribution in [3.8, 4) is 0 Å². The first-order valence-corrected chi connectivity index (χ1v) is 7.00. The Bertz CT molecular complexity index is 454. The van der Waals surface area contributed by atoms with Gasteiger partial charge in [0.2, 0.25) is 0 Å². The molecule has 1 aromatic rings. The largest absolute Gasteiger partial charge is 0.467 e. The normalized spacial score (nSPS) is 18.2. The molecule has 0 aliphatic heterocycles. The molecule has 0 spiro atoms. The molecule has 0 heterocycles. The Labute approximate surface area is 119 Å². The SMILES string of the molecule is COC(=O)C(NC(C)C)(c1ccc(Cl)cc1)C1CC1. The zero-order valence-corrected chi connectivity index (χ0v) is 12.3. The predicted molar refractivity (Wildman–Crippen MR) is 76.1 cm³/mol.